The molecule has 1 aliphatic rings. The smallest absolute Gasteiger partial charge is 0.171 e. The number of ether oxygens (including phenoxy) is 1. The van der Waals surface area contributed by atoms with Crippen molar-refractivity contribution in [3.63, 3.8) is 0 Å². The number of methoxy groups -OCH3 is 1. The fourth-order valence-electron chi connectivity index (χ4n) is 2.10. The fourth-order valence-corrected chi connectivity index (χ4v) is 3.14. The number of rotatable bonds is 4. The normalized spacial score (nSPS) is 14.4. The van der Waals surface area contributed by atoms with E-state index in [4.69, 9.17) is 4.74 Å². The van der Waals surface area contributed by atoms with Crippen LogP contribution in [0.25, 0.3) is 10.6 Å². The van der Waals surface area contributed by atoms with Gasteiger partial charge in [0.15, 0.2) is 5.78 Å². The second-order valence-corrected chi connectivity index (χ2v) is 5.79. The van der Waals surface area contributed by atoms with E-state index in [1.165, 1.54) is 11.3 Å². The van der Waals surface area contributed by atoms with Gasteiger partial charge in [0.05, 0.1) is 17.7 Å². The van der Waals surface area contributed by atoms with Crippen LogP contribution < -0.4 is 4.74 Å². The maximum absolute atomic E-state index is 11.7. The Morgan fingerprint density at radius 3 is 2.84 bits per heavy atom. The number of nitrogens with zero attached hydrogens (tertiary/aromatic N) is 1. The average molecular weight is 273 g/mol. The number of benzene rings is 1. The number of ketones is 1. The Hall–Kier alpha value is -1.68. The van der Waals surface area contributed by atoms with Gasteiger partial charge in [-0.2, -0.15) is 0 Å². The number of aromatic nitrogens is 1. The Balaban J connectivity index is 2.04. The van der Waals surface area contributed by atoms with Gasteiger partial charge >= 0.3 is 0 Å². The Labute approximate surface area is 116 Å². The average Bonchev–Trinajstić information content (AvgIpc) is 3.17. The lowest BCUT2D eigenvalue weighted by atomic mass is 10.2. The fraction of sp³-hybridized carbons (Fsp3) is 0.333. The van der Waals surface area contributed by atoms with Crippen molar-refractivity contribution < 1.29 is 9.53 Å². The maximum Gasteiger partial charge on any atom is 0.171 e. The third-order valence-electron chi connectivity index (χ3n) is 3.25. The van der Waals surface area contributed by atoms with Gasteiger partial charge in [-0.15, -0.1) is 11.3 Å². The van der Waals surface area contributed by atoms with Crippen molar-refractivity contribution in [2.75, 3.05) is 7.11 Å². The first kappa shape index (κ1) is 12.4. The van der Waals surface area contributed by atoms with E-state index in [1.54, 1.807) is 14.0 Å². The molecule has 4 heteroatoms. The summed E-state index contributed by atoms with van der Waals surface area (Å²) in [6.45, 7) is 1.62. The molecule has 98 valence electrons. The summed E-state index contributed by atoms with van der Waals surface area (Å²) < 4.78 is 5.23. The lowest BCUT2D eigenvalue weighted by Crippen LogP contribution is -1.93. The highest BCUT2D eigenvalue weighted by atomic mass is 32.1. The van der Waals surface area contributed by atoms with E-state index in [0.29, 0.717) is 5.92 Å². The molecule has 2 aromatic rings. The van der Waals surface area contributed by atoms with Crippen molar-refractivity contribution in [2.24, 2.45) is 0 Å². The van der Waals surface area contributed by atoms with Crippen LogP contribution in [-0.2, 0) is 0 Å². The van der Waals surface area contributed by atoms with Gasteiger partial charge < -0.3 is 4.74 Å². The van der Waals surface area contributed by atoms with Gasteiger partial charge in [0.25, 0.3) is 0 Å². The highest BCUT2D eigenvalue weighted by Gasteiger charge is 2.31. The van der Waals surface area contributed by atoms with Crippen molar-refractivity contribution in [2.45, 2.75) is 25.7 Å². The van der Waals surface area contributed by atoms with Crippen LogP contribution in [0.5, 0.6) is 5.75 Å². The van der Waals surface area contributed by atoms with E-state index in [-0.39, 0.29) is 5.78 Å². The molecule has 3 nitrogen and oxygen atoms in total. The predicted octanol–water partition coefficient (Wildman–Crippen LogP) is 3.90. The SMILES string of the molecule is COc1cccc(-c2nc(C3CC3)c(C(C)=O)s2)c1. The molecule has 1 fully saturated rings. The Morgan fingerprint density at radius 2 is 2.21 bits per heavy atom. The zero-order chi connectivity index (χ0) is 13.4. The first-order valence-corrected chi connectivity index (χ1v) is 7.16. The van der Waals surface area contributed by atoms with Crippen LogP contribution in [0.3, 0.4) is 0 Å². The number of thiazole rings is 1. The van der Waals surface area contributed by atoms with Crippen LogP contribution in [0.15, 0.2) is 24.3 Å². The number of carbonyl (C=O) groups excluding carboxylic acids is 1. The van der Waals surface area contributed by atoms with Crippen LogP contribution in [0.4, 0.5) is 0 Å². The summed E-state index contributed by atoms with van der Waals surface area (Å²) in [5, 5.41) is 0.908. The van der Waals surface area contributed by atoms with E-state index in [9.17, 15) is 4.79 Å². The molecule has 1 aromatic carbocycles. The summed E-state index contributed by atoms with van der Waals surface area (Å²) in [4.78, 5) is 17.2. The minimum Gasteiger partial charge on any atom is -0.497 e. The largest absolute Gasteiger partial charge is 0.497 e. The van der Waals surface area contributed by atoms with E-state index in [1.807, 2.05) is 24.3 Å². The lowest BCUT2D eigenvalue weighted by molar-refractivity contribution is 0.102. The van der Waals surface area contributed by atoms with Crippen LogP contribution in [0.2, 0.25) is 0 Å². The van der Waals surface area contributed by atoms with Gasteiger partial charge in [-0.3, -0.25) is 4.79 Å². The molecule has 0 amide bonds. The summed E-state index contributed by atoms with van der Waals surface area (Å²) in [5.74, 6) is 1.42. The first-order valence-electron chi connectivity index (χ1n) is 6.35. The molecule has 1 saturated carbocycles. The van der Waals surface area contributed by atoms with E-state index in [2.05, 4.69) is 4.98 Å². The zero-order valence-electron chi connectivity index (χ0n) is 11.0. The van der Waals surface area contributed by atoms with Crippen LogP contribution in [0, 0.1) is 0 Å². The van der Waals surface area contributed by atoms with Crippen LogP contribution >= 0.6 is 11.3 Å². The van der Waals surface area contributed by atoms with Gasteiger partial charge in [0.2, 0.25) is 0 Å². The number of carbonyl (C=O) groups is 1. The maximum atomic E-state index is 11.7. The summed E-state index contributed by atoms with van der Waals surface area (Å²) in [7, 11) is 1.65. The minimum absolute atomic E-state index is 0.119. The molecular formula is C15H15NO2S. The van der Waals surface area contributed by atoms with E-state index < -0.39 is 0 Å². The number of hydrogen-bond acceptors (Lipinski definition) is 4. The van der Waals surface area contributed by atoms with Gasteiger partial charge in [-0.1, -0.05) is 12.1 Å². The second-order valence-electron chi connectivity index (χ2n) is 4.80. The molecule has 0 aliphatic heterocycles. The third kappa shape index (κ3) is 2.40. The highest BCUT2D eigenvalue weighted by molar-refractivity contribution is 7.17. The topological polar surface area (TPSA) is 39.2 Å². The molecule has 0 N–H and O–H groups in total. The molecule has 0 radical (unpaired) electrons. The molecule has 1 heterocycles. The molecule has 0 spiro atoms. The molecule has 0 atom stereocenters. The summed E-state index contributed by atoms with van der Waals surface area (Å²) in [6, 6.07) is 7.81. The number of Topliss-reactive ketones (excluding diaryl/α,β-unsaturated/α-hetero) is 1. The molecule has 1 aliphatic carbocycles. The van der Waals surface area contributed by atoms with Crippen LogP contribution in [-0.4, -0.2) is 17.9 Å². The molecule has 0 unspecified atom stereocenters. The first-order chi connectivity index (χ1) is 9.19. The third-order valence-corrected chi connectivity index (χ3v) is 4.47. The van der Waals surface area contributed by atoms with E-state index >= 15 is 0 Å². The highest BCUT2D eigenvalue weighted by Crippen LogP contribution is 2.44. The van der Waals surface area contributed by atoms with Crippen molar-refractivity contribution in [1.82, 2.24) is 4.98 Å². The molecule has 0 saturated heterocycles. The monoisotopic (exact) mass is 273 g/mol. The van der Waals surface area contributed by atoms with Crippen LogP contribution in [0.1, 0.15) is 41.0 Å². The zero-order valence-corrected chi connectivity index (χ0v) is 11.8. The van der Waals surface area contributed by atoms with Gasteiger partial charge in [0.1, 0.15) is 10.8 Å². The summed E-state index contributed by atoms with van der Waals surface area (Å²) in [6.07, 6.45) is 2.31. The Bertz CT molecular complexity index is 629. The molecule has 19 heavy (non-hydrogen) atoms. The van der Waals surface area contributed by atoms with Crippen molar-refractivity contribution in [3.05, 3.63) is 34.8 Å². The summed E-state index contributed by atoms with van der Waals surface area (Å²) in [5.41, 5.74) is 2.01. The van der Waals surface area contributed by atoms with Gasteiger partial charge in [0, 0.05) is 18.4 Å². The minimum atomic E-state index is 0.119. The standard InChI is InChI=1S/C15H15NO2S/c1-9(17)14-13(10-6-7-10)16-15(19-14)11-4-3-5-12(8-11)18-2/h3-5,8,10H,6-7H2,1-2H3. The molecule has 0 bridgehead atoms. The van der Waals surface area contributed by atoms with Crippen molar-refractivity contribution in [1.29, 1.82) is 0 Å². The molecular weight excluding hydrogens is 258 g/mol. The second kappa shape index (κ2) is 4.78. The predicted molar refractivity (Wildman–Crippen MR) is 76.1 cm³/mol. The van der Waals surface area contributed by atoms with Gasteiger partial charge in [-0.05, 0) is 25.0 Å². The lowest BCUT2D eigenvalue weighted by Gasteiger charge is -2.01. The van der Waals surface area contributed by atoms with Crippen molar-refractivity contribution >= 4 is 17.1 Å². The van der Waals surface area contributed by atoms with Gasteiger partial charge in [-0.25, -0.2) is 4.98 Å². The molecule has 1 aromatic heterocycles. The summed E-state index contributed by atoms with van der Waals surface area (Å²) >= 11 is 1.49. The van der Waals surface area contributed by atoms with E-state index in [0.717, 1.165) is 39.7 Å². The molecule has 3 rings (SSSR count). The quantitative estimate of drug-likeness (QED) is 0.793. The Kier molecular flexibility index (Phi) is 3.11. The van der Waals surface area contributed by atoms with Crippen molar-refractivity contribution in [3.8, 4) is 16.3 Å². The number of hydrogen-bond donors (Lipinski definition) is 0. The Morgan fingerprint density at radius 1 is 1.42 bits per heavy atom.